The minimum atomic E-state index is -0.655. The van der Waals surface area contributed by atoms with Gasteiger partial charge in [0, 0.05) is 18.8 Å². The smallest absolute Gasteiger partial charge is 0.313 e. The van der Waals surface area contributed by atoms with Crippen molar-refractivity contribution in [1.29, 1.82) is 0 Å². The van der Waals surface area contributed by atoms with Crippen LogP contribution < -0.4 is 5.32 Å². The van der Waals surface area contributed by atoms with Crippen LogP contribution in [0.2, 0.25) is 0 Å². The maximum atomic E-state index is 12.4. The second-order valence-corrected chi connectivity index (χ2v) is 5.21. The standard InChI is InChI=1S/C17H19N3O2/c1-13(2)20(12-14-7-4-3-5-8-14)17(22)16(21)19-15-9-6-10-18-11-15/h3-11,13H,12H2,1-2H3,(H,19,21). The van der Waals surface area contributed by atoms with E-state index < -0.39 is 11.8 Å². The van der Waals surface area contributed by atoms with Crippen LogP contribution in [0.5, 0.6) is 0 Å². The van der Waals surface area contributed by atoms with Crippen LogP contribution in [0.15, 0.2) is 54.9 Å². The number of carbonyl (C=O) groups excluding carboxylic acids is 2. The Labute approximate surface area is 130 Å². The van der Waals surface area contributed by atoms with Crippen molar-refractivity contribution < 1.29 is 9.59 Å². The normalized spacial score (nSPS) is 10.3. The van der Waals surface area contributed by atoms with Gasteiger partial charge in [0.2, 0.25) is 0 Å². The first-order chi connectivity index (χ1) is 10.6. The Hall–Kier alpha value is -2.69. The molecule has 0 fully saturated rings. The van der Waals surface area contributed by atoms with Crippen molar-refractivity contribution >= 4 is 17.5 Å². The fourth-order valence-corrected chi connectivity index (χ4v) is 2.02. The van der Waals surface area contributed by atoms with Crippen LogP contribution in [-0.4, -0.2) is 27.7 Å². The Bertz CT molecular complexity index is 627. The molecule has 1 aromatic heterocycles. The summed E-state index contributed by atoms with van der Waals surface area (Å²) < 4.78 is 0. The monoisotopic (exact) mass is 297 g/mol. The highest BCUT2D eigenvalue weighted by Gasteiger charge is 2.24. The van der Waals surface area contributed by atoms with Gasteiger partial charge >= 0.3 is 11.8 Å². The molecule has 0 radical (unpaired) electrons. The van der Waals surface area contributed by atoms with Gasteiger partial charge in [-0.1, -0.05) is 30.3 Å². The number of nitrogens with zero attached hydrogens (tertiary/aromatic N) is 2. The predicted octanol–water partition coefficient (Wildman–Crippen LogP) is 2.46. The topological polar surface area (TPSA) is 62.3 Å². The molecule has 0 bridgehead atoms. The van der Waals surface area contributed by atoms with E-state index in [2.05, 4.69) is 10.3 Å². The van der Waals surface area contributed by atoms with E-state index in [9.17, 15) is 9.59 Å². The van der Waals surface area contributed by atoms with Crippen LogP contribution in [0.3, 0.4) is 0 Å². The Morgan fingerprint density at radius 1 is 1.14 bits per heavy atom. The Morgan fingerprint density at radius 3 is 2.45 bits per heavy atom. The lowest BCUT2D eigenvalue weighted by molar-refractivity contribution is -0.144. The molecule has 0 aliphatic rings. The number of anilines is 1. The maximum absolute atomic E-state index is 12.4. The lowest BCUT2D eigenvalue weighted by Crippen LogP contribution is -2.43. The maximum Gasteiger partial charge on any atom is 0.313 e. The summed E-state index contributed by atoms with van der Waals surface area (Å²) in [4.78, 5) is 30.0. The molecule has 1 N–H and O–H groups in total. The molecule has 0 aliphatic carbocycles. The lowest BCUT2D eigenvalue weighted by atomic mass is 10.2. The zero-order valence-electron chi connectivity index (χ0n) is 12.7. The first-order valence-electron chi connectivity index (χ1n) is 7.14. The number of carbonyl (C=O) groups is 2. The van der Waals surface area contributed by atoms with Crippen LogP contribution in [-0.2, 0) is 16.1 Å². The van der Waals surface area contributed by atoms with Gasteiger partial charge in [-0.3, -0.25) is 14.6 Å². The van der Waals surface area contributed by atoms with E-state index in [-0.39, 0.29) is 6.04 Å². The quantitative estimate of drug-likeness (QED) is 0.882. The summed E-state index contributed by atoms with van der Waals surface area (Å²) in [5.74, 6) is -1.21. The molecular weight excluding hydrogens is 278 g/mol. The lowest BCUT2D eigenvalue weighted by Gasteiger charge is -2.26. The average Bonchev–Trinajstić information content (AvgIpc) is 2.53. The molecule has 0 aliphatic heterocycles. The summed E-state index contributed by atoms with van der Waals surface area (Å²) in [6.45, 7) is 4.17. The SMILES string of the molecule is CC(C)N(Cc1ccccc1)C(=O)C(=O)Nc1cccnc1. The molecule has 22 heavy (non-hydrogen) atoms. The summed E-state index contributed by atoms with van der Waals surface area (Å²) in [5.41, 5.74) is 1.49. The van der Waals surface area contributed by atoms with E-state index in [0.717, 1.165) is 5.56 Å². The van der Waals surface area contributed by atoms with Crippen molar-refractivity contribution in [2.24, 2.45) is 0 Å². The number of aromatic nitrogens is 1. The summed E-state index contributed by atoms with van der Waals surface area (Å²) in [7, 11) is 0. The van der Waals surface area contributed by atoms with E-state index in [1.54, 1.807) is 23.2 Å². The van der Waals surface area contributed by atoms with Gasteiger partial charge in [-0.05, 0) is 31.5 Å². The van der Waals surface area contributed by atoms with E-state index in [4.69, 9.17) is 0 Å². The molecule has 1 aromatic carbocycles. The molecule has 114 valence electrons. The van der Waals surface area contributed by atoms with Crippen molar-refractivity contribution in [1.82, 2.24) is 9.88 Å². The molecule has 0 saturated carbocycles. The number of nitrogens with one attached hydrogen (secondary N) is 1. The van der Waals surface area contributed by atoms with Crippen LogP contribution in [0.1, 0.15) is 19.4 Å². The highest BCUT2D eigenvalue weighted by atomic mass is 16.2. The Morgan fingerprint density at radius 2 is 1.86 bits per heavy atom. The molecule has 1 heterocycles. The highest BCUT2D eigenvalue weighted by Crippen LogP contribution is 2.10. The molecule has 0 unspecified atom stereocenters. The molecule has 5 heteroatoms. The third-order valence-electron chi connectivity index (χ3n) is 3.19. The largest absolute Gasteiger partial charge is 0.328 e. The molecule has 2 aromatic rings. The number of pyridine rings is 1. The Balaban J connectivity index is 2.07. The second-order valence-electron chi connectivity index (χ2n) is 5.21. The van der Waals surface area contributed by atoms with Crippen molar-refractivity contribution in [3.05, 3.63) is 60.4 Å². The van der Waals surface area contributed by atoms with Gasteiger partial charge < -0.3 is 10.2 Å². The summed E-state index contributed by atoms with van der Waals surface area (Å²) in [6, 6.07) is 12.9. The molecule has 0 atom stereocenters. The molecule has 0 saturated heterocycles. The van der Waals surface area contributed by atoms with Crippen LogP contribution in [0.25, 0.3) is 0 Å². The number of rotatable bonds is 4. The van der Waals surface area contributed by atoms with Crippen molar-refractivity contribution in [2.75, 3.05) is 5.32 Å². The van der Waals surface area contributed by atoms with Gasteiger partial charge in [-0.2, -0.15) is 0 Å². The summed E-state index contributed by atoms with van der Waals surface area (Å²) in [5, 5.41) is 2.57. The molecule has 0 spiro atoms. The van der Waals surface area contributed by atoms with Gasteiger partial charge in [0.25, 0.3) is 0 Å². The number of benzene rings is 1. The fraction of sp³-hybridized carbons (Fsp3) is 0.235. The zero-order chi connectivity index (χ0) is 15.9. The minimum absolute atomic E-state index is 0.0765. The highest BCUT2D eigenvalue weighted by molar-refractivity contribution is 6.39. The molecular formula is C17H19N3O2. The van der Waals surface area contributed by atoms with Crippen LogP contribution >= 0.6 is 0 Å². The van der Waals surface area contributed by atoms with Crippen molar-refractivity contribution in [3.8, 4) is 0 Å². The number of hydrogen-bond donors (Lipinski definition) is 1. The minimum Gasteiger partial charge on any atom is -0.328 e. The van der Waals surface area contributed by atoms with E-state index >= 15 is 0 Å². The van der Waals surface area contributed by atoms with Crippen molar-refractivity contribution in [3.63, 3.8) is 0 Å². The zero-order valence-corrected chi connectivity index (χ0v) is 12.7. The molecule has 2 amide bonds. The van der Waals surface area contributed by atoms with Gasteiger partial charge in [0.05, 0.1) is 11.9 Å². The van der Waals surface area contributed by atoms with Crippen LogP contribution in [0.4, 0.5) is 5.69 Å². The van der Waals surface area contributed by atoms with Crippen LogP contribution in [0, 0.1) is 0 Å². The summed E-state index contributed by atoms with van der Waals surface area (Å²) >= 11 is 0. The summed E-state index contributed by atoms with van der Waals surface area (Å²) in [6.07, 6.45) is 3.11. The average molecular weight is 297 g/mol. The number of amides is 2. The van der Waals surface area contributed by atoms with E-state index in [1.165, 1.54) is 6.20 Å². The van der Waals surface area contributed by atoms with Gasteiger partial charge in [0.15, 0.2) is 0 Å². The van der Waals surface area contributed by atoms with Gasteiger partial charge in [-0.15, -0.1) is 0 Å². The molecule has 5 nitrogen and oxygen atoms in total. The van der Waals surface area contributed by atoms with Gasteiger partial charge in [-0.25, -0.2) is 0 Å². The number of hydrogen-bond acceptors (Lipinski definition) is 3. The van der Waals surface area contributed by atoms with E-state index in [1.807, 2.05) is 44.2 Å². The third kappa shape index (κ3) is 4.15. The first-order valence-corrected chi connectivity index (χ1v) is 7.14. The first kappa shape index (κ1) is 15.7. The van der Waals surface area contributed by atoms with E-state index in [0.29, 0.717) is 12.2 Å². The fourth-order valence-electron chi connectivity index (χ4n) is 2.02. The molecule has 2 rings (SSSR count). The van der Waals surface area contributed by atoms with Gasteiger partial charge in [0.1, 0.15) is 0 Å². The Kier molecular flexibility index (Phi) is 5.25. The van der Waals surface area contributed by atoms with Crippen molar-refractivity contribution in [2.45, 2.75) is 26.4 Å². The predicted molar refractivity (Wildman–Crippen MR) is 85.0 cm³/mol. The third-order valence-corrected chi connectivity index (χ3v) is 3.19. The second kappa shape index (κ2) is 7.36.